The molecule has 3 atom stereocenters. The Balaban J connectivity index is 1.89. The fourth-order valence-corrected chi connectivity index (χ4v) is 3.39. The van der Waals surface area contributed by atoms with Gasteiger partial charge in [-0.15, -0.1) is 0 Å². The van der Waals surface area contributed by atoms with Gasteiger partial charge in [-0.2, -0.15) is 0 Å². The second-order valence-corrected chi connectivity index (χ2v) is 6.49. The SMILES string of the molecule is CC(C)CC1CN(C2CCOC(C)C2)CCCN1. The zero-order valence-corrected chi connectivity index (χ0v) is 12.3. The molecule has 2 aliphatic heterocycles. The highest BCUT2D eigenvalue weighted by Gasteiger charge is 2.28. The third-order valence-electron chi connectivity index (χ3n) is 4.24. The van der Waals surface area contributed by atoms with Crippen LogP contribution in [0, 0.1) is 5.92 Å². The Hall–Kier alpha value is -0.120. The minimum absolute atomic E-state index is 0.448. The molecule has 0 aromatic heterocycles. The second kappa shape index (κ2) is 6.88. The van der Waals surface area contributed by atoms with Crippen molar-refractivity contribution < 1.29 is 4.74 Å². The van der Waals surface area contributed by atoms with E-state index in [1.54, 1.807) is 0 Å². The lowest BCUT2D eigenvalue weighted by Gasteiger charge is -2.37. The highest BCUT2D eigenvalue weighted by atomic mass is 16.5. The predicted octanol–water partition coefficient (Wildman–Crippen LogP) is 2.26. The number of hydrogen-bond acceptors (Lipinski definition) is 3. The monoisotopic (exact) mass is 254 g/mol. The Bertz CT molecular complexity index is 245. The van der Waals surface area contributed by atoms with Gasteiger partial charge in [0.05, 0.1) is 6.10 Å². The predicted molar refractivity (Wildman–Crippen MR) is 75.9 cm³/mol. The molecule has 1 N–H and O–H groups in total. The number of ether oxygens (including phenoxy) is 1. The number of nitrogens with zero attached hydrogens (tertiary/aromatic N) is 1. The molecule has 2 saturated heterocycles. The quantitative estimate of drug-likeness (QED) is 0.836. The van der Waals surface area contributed by atoms with Crippen molar-refractivity contribution in [1.29, 1.82) is 0 Å². The van der Waals surface area contributed by atoms with Crippen molar-refractivity contribution in [2.75, 3.05) is 26.2 Å². The Labute approximate surface area is 112 Å². The Morgan fingerprint density at radius 1 is 1.39 bits per heavy atom. The van der Waals surface area contributed by atoms with Crippen LogP contribution in [0.1, 0.15) is 46.5 Å². The largest absolute Gasteiger partial charge is 0.378 e. The van der Waals surface area contributed by atoms with Crippen LogP contribution in [0.15, 0.2) is 0 Å². The Kier molecular flexibility index (Phi) is 5.46. The smallest absolute Gasteiger partial charge is 0.0561 e. The molecule has 0 bridgehead atoms. The molecule has 0 spiro atoms. The van der Waals surface area contributed by atoms with Crippen LogP contribution in [0.3, 0.4) is 0 Å². The van der Waals surface area contributed by atoms with Gasteiger partial charge in [0, 0.05) is 25.2 Å². The highest BCUT2D eigenvalue weighted by molar-refractivity contribution is 4.84. The number of hydrogen-bond donors (Lipinski definition) is 1. The highest BCUT2D eigenvalue weighted by Crippen LogP contribution is 2.21. The standard InChI is InChI=1S/C15H30N2O/c1-12(2)9-14-11-17(7-4-6-16-14)15-5-8-18-13(3)10-15/h12-16H,4-11H2,1-3H3. The molecular weight excluding hydrogens is 224 g/mol. The van der Waals surface area contributed by atoms with Crippen molar-refractivity contribution in [2.45, 2.75) is 64.6 Å². The average molecular weight is 254 g/mol. The third kappa shape index (κ3) is 4.22. The first-order valence-electron chi connectivity index (χ1n) is 7.74. The summed E-state index contributed by atoms with van der Waals surface area (Å²) in [5, 5.41) is 3.72. The first kappa shape index (κ1) is 14.3. The lowest BCUT2D eigenvalue weighted by atomic mass is 9.99. The fourth-order valence-electron chi connectivity index (χ4n) is 3.39. The maximum Gasteiger partial charge on any atom is 0.0561 e. The molecule has 2 fully saturated rings. The fraction of sp³-hybridized carbons (Fsp3) is 1.00. The van der Waals surface area contributed by atoms with Crippen LogP contribution in [0.5, 0.6) is 0 Å². The van der Waals surface area contributed by atoms with Gasteiger partial charge in [0.15, 0.2) is 0 Å². The van der Waals surface area contributed by atoms with Gasteiger partial charge in [0.25, 0.3) is 0 Å². The molecule has 2 rings (SSSR count). The molecule has 3 unspecified atom stereocenters. The van der Waals surface area contributed by atoms with Crippen molar-refractivity contribution >= 4 is 0 Å². The van der Waals surface area contributed by atoms with Crippen LogP contribution in [0.25, 0.3) is 0 Å². The summed E-state index contributed by atoms with van der Waals surface area (Å²) >= 11 is 0. The zero-order valence-electron chi connectivity index (χ0n) is 12.3. The Morgan fingerprint density at radius 3 is 2.94 bits per heavy atom. The molecule has 0 aromatic carbocycles. The third-order valence-corrected chi connectivity index (χ3v) is 4.24. The lowest BCUT2D eigenvalue weighted by molar-refractivity contribution is -0.0179. The number of rotatable bonds is 3. The van der Waals surface area contributed by atoms with Gasteiger partial charge in [-0.05, 0) is 51.6 Å². The molecule has 3 nitrogen and oxygen atoms in total. The van der Waals surface area contributed by atoms with E-state index in [-0.39, 0.29) is 0 Å². The molecule has 0 radical (unpaired) electrons. The molecule has 106 valence electrons. The van der Waals surface area contributed by atoms with Crippen LogP contribution in [-0.4, -0.2) is 49.3 Å². The molecule has 2 aliphatic rings. The van der Waals surface area contributed by atoms with E-state index < -0.39 is 0 Å². The molecular formula is C15H30N2O. The van der Waals surface area contributed by atoms with E-state index in [0.29, 0.717) is 12.1 Å². The normalized spacial score (nSPS) is 35.7. The van der Waals surface area contributed by atoms with E-state index in [2.05, 4.69) is 31.0 Å². The van der Waals surface area contributed by atoms with Gasteiger partial charge in [0.2, 0.25) is 0 Å². The van der Waals surface area contributed by atoms with Crippen molar-refractivity contribution in [3.8, 4) is 0 Å². The molecule has 0 saturated carbocycles. The topological polar surface area (TPSA) is 24.5 Å². The van der Waals surface area contributed by atoms with E-state index in [1.807, 2.05) is 0 Å². The first-order valence-corrected chi connectivity index (χ1v) is 7.74. The summed E-state index contributed by atoms with van der Waals surface area (Å²) in [5.74, 6) is 0.788. The van der Waals surface area contributed by atoms with Crippen molar-refractivity contribution in [1.82, 2.24) is 10.2 Å². The summed E-state index contributed by atoms with van der Waals surface area (Å²) in [6.07, 6.45) is 5.48. The van der Waals surface area contributed by atoms with E-state index in [0.717, 1.165) is 18.6 Å². The Morgan fingerprint density at radius 2 is 2.22 bits per heavy atom. The molecule has 0 amide bonds. The van der Waals surface area contributed by atoms with Crippen molar-refractivity contribution in [2.24, 2.45) is 5.92 Å². The summed E-state index contributed by atoms with van der Waals surface area (Å²) in [5.41, 5.74) is 0. The zero-order chi connectivity index (χ0) is 13.0. The van der Waals surface area contributed by atoms with Gasteiger partial charge in [0.1, 0.15) is 0 Å². The van der Waals surface area contributed by atoms with Crippen LogP contribution in [0.2, 0.25) is 0 Å². The van der Waals surface area contributed by atoms with Crippen LogP contribution in [0.4, 0.5) is 0 Å². The molecule has 0 aromatic rings. The summed E-state index contributed by atoms with van der Waals surface area (Å²) in [4.78, 5) is 2.73. The van der Waals surface area contributed by atoms with Gasteiger partial charge >= 0.3 is 0 Å². The molecule has 2 heterocycles. The van der Waals surface area contributed by atoms with Crippen LogP contribution in [-0.2, 0) is 4.74 Å². The maximum absolute atomic E-state index is 5.68. The maximum atomic E-state index is 5.68. The van der Waals surface area contributed by atoms with E-state index in [1.165, 1.54) is 45.3 Å². The van der Waals surface area contributed by atoms with Crippen molar-refractivity contribution in [3.05, 3.63) is 0 Å². The first-order chi connectivity index (χ1) is 8.65. The number of nitrogens with one attached hydrogen (secondary N) is 1. The second-order valence-electron chi connectivity index (χ2n) is 6.49. The average Bonchev–Trinajstić information content (AvgIpc) is 2.54. The summed E-state index contributed by atoms with van der Waals surface area (Å²) in [6.45, 7) is 11.5. The summed E-state index contributed by atoms with van der Waals surface area (Å²) in [7, 11) is 0. The van der Waals surface area contributed by atoms with E-state index in [4.69, 9.17) is 4.74 Å². The van der Waals surface area contributed by atoms with Crippen molar-refractivity contribution in [3.63, 3.8) is 0 Å². The van der Waals surface area contributed by atoms with E-state index >= 15 is 0 Å². The molecule has 18 heavy (non-hydrogen) atoms. The summed E-state index contributed by atoms with van der Waals surface area (Å²) < 4.78 is 5.68. The summed E-state index contributed by atoms with van der Waals surface area (Å²) in [6, 6.07) is 1.44. The van der Waals surface area contributed by atoms with Crippen LogP contribution < -0.4 is 5.32 Å². The minimum Gasteiger partial charge on any atom is -0.378 e. The van der Waals surface area contributed by atoms with Gasteiger partial charge in [-0.3, -0.25) is 4.90 Å². The van der Waals surface area contributed by atoms with Gasteiger partial charge < -0.3 is 10.1 Å². The van der Waals surface area contributed by atoms with Gasteiger partial charge in [-0.25, -0.2) is 0 Å². The molecule has 3 heteroatoms. The minimum atomic E-state index is 0.448. The van der Waals surface area contributed by atoms with Crippen LogP contribution >= 0.6 is 0 Å². The van der Waals surface area contributed by atoms with Gasteiger partial charge in [-0.1, -0.05) is 13.8 Å². The lowest BCUT2D eigenvalue weighted by Crippen LogP contribution is -2.46. The molecule has 0 aliphatic carbocycles. The van der Waals surface area contributed by atoms with E-state index in [9.17, 15) is 0 Å².